The van der Waals surface area contributed by atoms with Crippen LogP contribution in [0.15, 0.2) is 41.8 Å². The van der Waals surface area contributed by atoms with E-state index >= 15 is 0 Å². The van der Waals surface area contributed by atoms with E-state index in [1.807, 2.05) is 43.3 Å². The van der Waals surface area contributed by atoms with Gasteiger partial charge in [-0.05, 0) is 23.6 Å². The molecule has 1 aromatic heterocycles. The van der Waals surface area contributed by atoms with Crippen molar-refractivity contribution >= 4 is 23.5 Å². The van der Waals surface area contributed by atoms with E-state index in [1.54, 1.807) is 12.5 Å². The molecule has 1 saturated carbocycles. The third-order valence-corrected chi connectivity index (χ3v) is 4.79. The zero-order chi connectivity index (χ0) is 18.5. The molecule has 0 unspecified atom stereocenters. The molecule has 6 nitrogen and oxygen atoms in total. The summed E-state index contributed by atoms with van der Waals surface area (Å²) in [5.74, 6) is -0.781. The Bertz CT molecular complexity index is 761. The summed E-state index contributed by atoms with van der Waals surface area (Å²) >= 11 is 0. The molecule has 1 aliphatic carbocycles. The summed E-state index contributed by atoms with van der Waals surface area (Å²) < 4.78 is 0. The van der Waals surface area contributed by atoms with E-state index in [4.69, 9.17) is 0 Å². The van der Waals surface area contributed by atoms with Crippen molar-refractivity contribution in [1.82, 2.24) is 9.97 Å². The normalized spacial score (nSPS) is 20.7. The lowest BCUT2D eigenvalue weighted by atomic mass is 9.77. The van der Waals surface area contributed by atoms with E-state index in [2.05, 4.69) is 15.0 Å². The number of rotatable bonds is 6. The van der Waals surface area contributed by atoms with Gasteiger partial charge in [0.15, 0.2) is 0 Å². The van der Waals surface area contributed by atoms with Crippen LogP contribution < -0.4 is 4.90 Å². The predicted octanol–water partition coefficient (Wildman–Crippen LogP) is 2.42. The molecule has 1 aliphatic rings. The molecule has 0 bridgehead atoms. The summed E-state index contributed by atoms with van der Waals surface area (Å²) in [6.45, 7) is 0.536. The number of hydrogen-bond donors (Lipinski definition) is 1. The smallest absolute Gasteiger partial charge is 0.149 e. The molecule has 0 radical (unpaired) electrons. The number of nitrogens with zero attached hydrogens (tertiary/aromatic N) is 3. The summed E-state index contributed by atoms with van der Waals surface area (Å²) in [7, 11) is 3.97. The largest absolute Gasteiger partial charge is 0.378 e. The van der Waals surface area contributed by atoms with Gasteiger partial charge in [0.25, 0.3) is 0 Å². The molecule has 0 spiro atoms. The maximum atomic E-state index is 12.4. The Morgan fingerprint density at radius 1 is 1.19 bits per heavy atom. The number of carbonyl (C=O) groups is 2. The van der Waals surface area contributed by atoms with Crippen LogP contribution in [-0.4, -0.2) is 48.4 Å². The second-order valence-electron chi connectivity index (χ2n) is 6.88. The van der Waals surface area contributed by atoms with Crippen LogP contribution in [0.2, 0.25) is 0 Å². The van der Waals surface area contributed by atoms with Crippen molar-refractivity contribution in [2.45, 2.75) is 25.2 Å². The zero-order valence-corrected chi connectivity index (χ0v) is 15.2. The highest BCUT2D eigenvalue weighted by Gasteiger charge is 2.34. The molecular weight excluding hydrogens is 328 g/mol. The van der Waals surface area contributed by atoms with Crippen LogP contribution in [0.1, 0.15) is 30.0 Å². The molecule has 1 heterocycles. The molecule has 0 atom stereocenters. The molecule has 26 heavy (non-hydrogen) atoms. The van der Waals surface area contributed by atoms with Crippen LogP contribution in [0.25, 0.3) is 0 Å². The fourth-order valence-electron chi connectivity index (χ4n) is 3.22. The molecule has 0 aliphatic heterocycles. The van der Waals surface area contributed by atoms with E-state index in [1.165, 1.54) is 6.21 Å². The van der Waals surface area contributed by atoms with Gasteiger partial charge in [-0.25, -0.2) is 4.98 Å². The molecule has 0 saturated heterocycles. The first kappa shape index (κ1) is 18.0. The van der Waals surface area contributed by atoms with Crippen LogP contribution in [0.5, 0.6) is 0 Å². The predicted molar refractivity (Wildman–Crippen MR) is 102 cm³/mol. The Morgan fingerprint density at radius 2 is 1.88 bits per heavy atom. The summed E-state index contributed by atoms with van der Waals surface area (Å²) in [6, 6.07) is 8.07. The van der Waals surface area contributed by atoms with E-state index < -0.39 is 5.92 Å². The van der Waals surface area contributed by atoms with Gasteiger partial charge in [-0.1, -0.05) is 12.1 Å². The Labute approximate surface area is 153 Å². The lowest BCUT2D eigenvalue weighted by molar-refractivity contribution is -0.133. The van der Waals surface area contributed by atoms with Crippen LogP contribution in [0.4, 0.5) is 5.69 Å². The van der Waals surface area contributed by atoms with Gasteiger partial charge in [0.1, 0.15) is 17.5 Å². The first-order valence-corrected chi connectivity index (χ1v) is 8.84. The summed E-state index contributed by atoms with van der Waals surface area (Å²) in [6.07, 6.45) is 6.41. The summed E-state index contributed by atoms with van der Waals surface area (Å²) in [5, 5.41) is 0. The standard InChI is InChI=1S/C20H24N4O2/c1-24(2)17-5-3-14(4-6-17)15-9-19(25)18(20(26)10-15)12-21-8-7-16-11-22-13-23-16/h3-6,11-13,15,18H,7-10H2,1-2H3,(H,22,23). The monoisotopic (exact) mass is 352 g/mol. The van der Waals surface area contributed by atoms with Crippen molar-refractivity contribution in [3.63, 3.8) is 0 Å². The molecule has 136 valence electrons. The van der Waals surface area contributed by atoms with Gasteiger partial charge < -0.3 is 9.88 Å². The Kier molecular flexibility index (Phi) is 5.61. The van der Waals surface area contributed by atoms with Gasteiger partial charge in [-0.3, -0.25) is 14.6 Å². The zero-order valence-electron chi connectivity index (χ0n) is 15.2. The van der Waals surface area contributed by atoms with Crippen molar-refractivity contribution in [2.24, 2.45) is 10.9 Å². The average molecular weight is 352 g/mol. The Balaban J connectivity index is 1.58. The van der Waals surface area contributed by atoms with Gasteiger partial charge in [0.2, 0.25) is 0 Å². The van der Waals surface area contributed by atoms with E-state index in [-0.39, 0.29) is 17.5 Å². The number of ketones is 2. The number of aliphatic imine (C=N–C) groups is 1. The Hall–Kier alpha value is -2.76. The third kappa shape index (κ3) is 4.25. The molecule has 0 amide bonds. The molecule has 2 aromatic rings. The van der Waals surface area contributed by atoms with Crippen molar-refractivity contribution in [3.8, 4) is 0 Å². The number of Topliss-reactive ketones (excluding diaryl/α,β-unsaturated/α-hetero) is 2. The van der Waals surface area contributed by atoms with E-state index in [0.717, 1.165) is 16.9 Å². The number of aromatic amines is 1. The molecule has 1 aromatic carbocycles. The fourth-order valence-corrected chi connectivity index (χ4v) is 3.22. The van der Waals surface area contributed by atoms with Crippen LogP contribution in [0, 0.1) is 5.92 Å². The van der Waals surface area contributed by atoms with Crippen LogP contribution >= 0.6 is 0 Å². The summed E-state index contributed by atoms with van der Waals surface area (Å²) in [4.78, 5) is 38.2. The molecule has 6 heteroatoms. The Morgan fingerprint density at radius 3 is 2.46 bits per heavy atom. The summed E-state index contributed by atoms with van der Waals surface area (Å²) in [5.41, 5.74) is 3.14. The maximum Gasteiger partial charge on any atom is 0.149 e. The fraction of sp³-hybridized carbons (Fsp3) is 0.400. The number of imidazole rings is 1. The number of anilines is 1. The topological polar surface area (TPSA) is 78.4 Å². The van der Waals surface area contributed by atoms with Gasteiger partial charge in [0, 0.05) is 63.7 Å². The highest BCUT2D eigenvalue weighted by atomic mass is 16.2. The number of H-pyrrole nitrogens is 1. The maximum absolute atomic E-state index is 12.4. The second-order valence-corrected chi connectivity index (χ2v) is 6.88. The minimum atomic E-state index is -0.686. The molecule has 1 fully saturated rings. The highest BCUT2D eigenvalue weighted by Crippen LogP contribution is 2.32. The number of aromatic nitrogens is 2. The van der Waals surface area contributed by atoms with Gasteiger partial charge in [-0.15, -0.1) is 0 Å². The van der Waals surface area contributed by atoms with Crippen molar-refractivity contribution in [3.05, 3.63) is 48.0 Å². The first-order chi connectivity index (χ1) is 12.5. The lowest BCUT2D eigenvalue weighted by Gasteiger charge is -2.25. The minimum Gasteiger partial charge on any atom is -0.378 e. The number of hydrogen-bond acceptors (Lipinski definition) is 5. The van der Waals surface area contributed by atoms with Crippen molar-refractivity contribution in [2.75, 3.05) is 25.5 Å². The SMILES string of the molecule is CN(C)c1ccc(C2CC(=O)C(C=NCCc3cnc[nH]3)C(=O)C2)cc1. The molecular formula is C20H24N4O2. The second kappa shape index (κ2) is 8.08. The first-order valence-electron chi connectivity index (χ1n) is 8.84. The average Bonchev–Trinajstić information content (AvgIpc) is 3.14. The van der Waals surface area contributed by atoms with Crippen molar-refractivity contribution in [1.29, 1.82) is 0 Å². The van der Waals surface area contributed by atoms with Gasteiger partial charge >= 0.3 is 0 Å². The van der Waals surface area contributed by atoms with Crippen LogP contribution in [0.3, 0.4) is 0 Å². The third-order valence-electron chi connectivity index (χ3n) is 4.79. The van der Waals surface area contributed by atoms with Gasteiger partial charge in [-0.2, -0.15) is 0 Å². The van der Waals surface area contributed by atoms with Gasteiger partial charge in [0.05, 0.1) is 6.33 Å². The van der Waals surface area contributed by atoms with Crippen molar-refractivity contribution < 1.29 is 9.59 Å². The lowest BCUT2D eigenvalue weighted by Crippen LogP contribution is -2.33. The number of carbonyl (C=O) groups excluding carboxylic acids is 2. The quantitative estimate of drug-likeness (QED) is 0.640. The van der Waals surface area contributed by atoms with E-state index in [9.17, 15) is 9.59 Å². The molecule has 1 N–H and O–H groups in total. The van der Waals surface area contributed by atoms with Crippen LogP contribution in [-0.2, 0) is 16.0 Å². The minimum absolute atomic E-state index is 0.0270. The highest BCUT2D eigenvalue weighted by molar-refractivity contribution is 6.16. The number of benzene rings is 1. The van der Waals surface area contributed by atoms with E-state index in [0.29, 0.717) is 25.8 Å². The molecule has 3 rings (SSSR count). The number of nitrogens with one attached hydrogen (secondary N) is 1.